The van der Waals surface area contributed by atoms with Crippen molar-refractivity contribution in [2.75, 3.05) is 4.72 Å². The van der Waals surface area contributed by atoms with Gasteiger partial charge in [-0.2, -0.15) is 0 Å². The van der Waals surface area contributed by atoms with E-state index in [1.54, 1.807) is 19.1 Å². The first kappa shape index (κ1) is 16.4. The van der Waals surface area contributed by atoms with E-state index in [1.807, 2.05) is 20.8 Å². The lowest BCUT2D eigenvalue weighted by atomic mass is 10.3. The number of nitrogens with one attached hydrogen (secondary N) is 1. The molecule has 120 valence electrons. The highest BCUT2D eigenvalue weighted by Gasteiger charge is 2.20. The molecule has 6 nitrogen and oxygen atoms in total. The summed E-state index contributed by atoms with van der Waals surface area (Å²) in [5.74, 6) is 1.14. The molecule has 0 bridgehead atoms. The Morgan fingerprint density at radius 2 is 1.91 bits per heavy atom. The zero-order valence-corrected chi connectivity index (χ0v) is 13.9. The molecule has 0 unspecified atom stereocenters. The number of ether oxygens (including phenoxy) is 1. The van der Waals surface area contributed by atoms with Crippen LogP contribution in [0.25, 0.3) is 0 Å². The van der Waals surface area contributed by atoms with E-state index in [9.17, 15) is 8.42 Å². The Labute approximate surface area is 130 Å². The number of rotatable bonds is 6. The summed E-state index contributed by atoms with van der Waals surface area (Å²) in [4.78, 5) is 0.159. The van der Waals surface area contributed by atoms with Crippen LogP contribution >= 0.6 is 0 Å². The number of aromatic nitrogens is 1. The number of benzene rings is 1. The van der Waals surface area contributed by atoms with Gasteiger partial charge in [0.05, 0.1) is 11.0 Å². The molecule has 0 radical (unpaired) electrons. The van der Waals surface area contributed by atoms with Crippen molar-refractivity contribution in [2.24, 2.45) is 0 Å². The summed E-state index contributed by atoms with van der Waals surface area (Å²) in [6.07, 6.45) is 0.590. The summed E-state index contributed by atoms with van der Waals surface area (Å²) in [5.41, 5.74) is 0.921. The molecule has 2 rings (SSSR count). The van der Waals surface area contributed by atoms with Gasteiger partial charge >= 0.3 is 0 Å². The van der Waals surface area contributed by atoms with Gasteiger partial charge in [-0.15, -0.1) is 0 Å². The quantitative estimate of drug-likeness (QED) is 0.883. The lowest BCUT2D eigenvalue weighted by molar-refractivity contribution is 0.242. The molecular weight excluding hydrogens is 304 g/mol. The SMILES string of the molecule is CCc1onc(C)c1NS(=O)(=O)c1ccc(OC(C)C)cc1. The van der Waals surface area contributed by atoms with Gasteiger partial charge in [-0.3, -0.25) is 4.72 Å². The summed E-state index contributed by atoms with van der Waals surface area (Å²) in [5, 5.41) is 3.79. The lowest BCUT2D eigenvalue weighted by Crippen LogP contribution is -2.14. The van der Waals surface area contributed by atoms with Crippen molar-refractivity contribution < 1.29 is 17.7 Å². The van der Waals surface area contributed by atoms with Gasteiger partial charge in [0.1, 0.15) is 17.1 Å². The molecule has 0 amide bonds. The standard InChI is InChI=1S/C15H20N2O4S/c1-5-14-15(11(4)16-21-14)17-22(18,19)13-8-6-12(7-9-13)20-10(2)3/h6-10,17H,5H2,1-4H3. The lowest BCUT2D eigenvalue weighted by Gasteiger charge is -2.11. The van der Waals surface area contributed by atoms with Crippen molar-refractivity contribution in [1.29, 1.82) is 0 Å². The molecule has 0 spiro atoms. The summed E-state index contributed by atoms with van der Waals surface area (Å²) < 4.78 is 38.0. The van der Waals surface area contributed by atoms with Gasteiger partial charge in [0.2, 0.25) is 0 Å². The van der Waals surface area contributed by atoms with Gasteiger partial charge in [-0.05, 0) is 45.0 Å². The van der Waals surface area contributed by atoms with Crippen LogP contribution in [0.15, 0.2) is 33.7 Å². The number of anilines is 1. The number of sulfonamides is 1. The van der Waals surface area contributed by atoms with Crippen molar-refractivity contribution >= 4 is 15.7 Å². The normalized spacial score (nSPS) is 11.7. The number of aryl methyl sites for hydroxylation is 2. The predicted molar refractivity (Wildman–Crippen MR) is 83.6 cm³/mol. The zero-order valence-electron chi connectivity index (χ0n) is 13.1. The van der Waals surface area contributed by atoms with E-state index in [2.05, 4.69) is 9.88 Å². The Kier molecular flexibility index (Phi) is 4.75. The van der Waals surface area contributed by atoms with E-state index in [4.69, 9.17) is 9.26 Å². The number of nitrogens with zero attached hydrogens (tertiary/aromatic N) is 1. The molecule has 0 saturated heterocycles. The van der Waals surface area contributed by atoms with Crippen LogP contribution in [0.3, 0.4) is 0 Å². The monoisotopic (exact) mass is 324 g/mol. The number of hydrogen-bond acceptors (Lipinski definition) is 5. The molecule has 0 fully saturated rings. The Bertz CT molecular complexity index is 733. The molecule has 0 saturated carbocycles. The van der Waals surface area contributed by atoms with Gasteiger partial charge in [0.15, 0.2) is 5.76 Å². The van der Waals surface area contributed by atoms with Crippen LogP contribution in [0.5, 0.6) is 5.75 Å². The summed E-state index contributed by atoms with van der Waals surface area (Å²) in [6.45, 7) is 7.39. The smallest absolute Gasteiger partial charge is 0.262 e. The van der Waals surface area contributed by atoms with Crippen LogP contribution in [0.1, 0.15) is 32.2 Å². The largest absolute Gasteiger partial charge is 0.491 e. The topological polar surface area (TPSA) is 81.4 Å². The van der Waals surface area contributed by atoms with Crippen molar-refractivity contribution in [3.05, 3.63) is 35.7 Å². The molecule has 1 N–H and O–H groups in total. The molecule has 7 heteroatoms. The maximum Gasteiger partial charge on any atom is 0.262 e. The third-order valence-corrected chi connectivity index (χ3v) is 4.36. The molecule has 1 heterocycles. The molecule has 1 aromatic heterocycles. The van der Waals surface area contributed by atoms with Gasteiger partial charge in [-0.25, -0.2) is 8.42 Å². The molecular formula is C15H20N2O4S. The van der Waals surface area contributed by atoms with Crippen LogP contribution in [0.2, 0.25) is 0 Å². The molecule has 0 atom stereocenters. The average molecular weight is 324 g/mol. The first-order chi connectivity index (χ1) is 10.3. The fourth-order valence-corrected chi connectivity index (χ4v) is 3.09. The Morgan fingerprint density at radius 1 is 1.27 bits per heavy atom. The van der Waals surface area contributed by atoms with E-state index in [-0.39, 0.29) is 11.0 Å². The second-order valence-corrected chi connectivity index (χ2v) is 6.85. The fourth-order valence-electron chi connectivity index (χ4n) is 1.95. The minimum atomic E-state index is -3.69. The van der Waals surface area contributed by atoms with E-state index >= 15 is 0 Å². The second-order valence-electron chi connectivity index (χ2n) is 5.16. The molecule has 0 aliphatic rings. The highest BCUT2D eigenvalue weighted by Crippen LogP contribution is 2.25. The number of hydrogen-bond donors (Lipinski definition) is 1. The van der Waals surface area contributed by atoms with Crippen molar-refractivity contribution in [3.63, 3.8) is 0 Å². The van der Waals surface area contributed by atoms with Gasteiger partial charge in [0, 0.05) is 6.42 Å². The molecule has 0 aliphatic heterocycles. The van der Waals surface area contributed by atoms with E-state index in [0.717, 1.165) is 0 Å². The zero-order chi connectivity index (χ0) is 16.3. The third kappa shape index (κ3) is 3.59. The van der Waals surface area contributed by atoms with Crippen LogP contribution in [0.4, 0.5) is 5.69 Å². The van der Waals surface area contributed by atoms with Crippen molar-refractivity contribution in [1.82, 2.24) is 5.16 Å². The minimum Gasteiger partial charge on any atom is -0.491 e. The van der Waals surface area contributed by atoms with Crippen LogP contribution < -0.4 is 9.46 Å². The van der Waals surface area contributed by atoms with E-state index in [1.165, 1.54) is 12.1 Å². The Balaban J connectivity index is 2.25. The van der Waals surface area contributed by atoms with Gasteiger partial charge in [0.25, 0.3) is 10.0 Å². The van der Waals surface area contributed by atoms with E-state index in [0.29, 0.717) is 29.3 Å². The molecule has 1 aromatic carbocycles. The van der Waals surface area contributed by atoms with Crippen molar-refractivity contribution in [3.8, 4) is 5.75 Å². The maximum absolute atomic E-state index is 12.4. The highest BCUT2D eigenvalue weighted by atomic mass is 32.2. The van der Waals surface area contributed by atoms with Crippen molar-refractivity contribution in [2.45, 2.75) is 45.1 Å². The Hall–Kier alpha value is -2.02. The predicted octanol–water partition coefficient (Wildman–Crippen LogP) is 3.13. The van der Waals surface area contributed by atoms with Crippen LogP contribution in [-0.2, 0) is 16.4 Å². The highest BCUT2D eigenvalue weighted by molar-refractivity contribution is 7.92. The summed E-state index contributed by atoms with van der Waals surface area (Å²) in [6, 6.07) is 6.29. The van der Waals surface area contributed by atoms with Crippen LogP contribution in [-0.4, -0.2) is 19.7 Å². The van der Waals surface area contributed by atoms with Gasteiger partial charge in [-0.1, -0.05) is 12.1 Å². The molecule has 22 heavy (non-hydrogen) atoms. The van der Waals surface area contributed by atoms with Crippen LogP contribution in [0, 0.1) is 6.92 Å². The Morgan fingerprint density at radius 3 is 2.45 bits per heavy atom. The third-order valence-electron chi connectivity index (χ3n) is 3.00. The minimum absolute atomic E-state index is 0.0346. The van der Waals surface area contributed by atoms with Gasteiger partial charge < -0.3 is 9.26 Å². The van der Waals surface area contributed by atoms with E-state index < -0.39 is 10.0 Å². The molecule has 2 aromatic rings. The maximum atomic E-state index is 12.4. The first-order valence-corrected chi connectivity index (χ1v) is 8.56. The second kappa shape index (κ2) is 6.39. The average Bonchev–Trinajstić information content (AvgIpc) is 2.79. The fraction of sp³-hybridized carbons (Fsp3) is 0.400. The first-order valence-electron chi connectivity index (χ1n) is 7.08. The summed E-state index contributed by atoms with van der Waals surface area (Å²) >= 11 is 0. The summed E-state index contributed by atoms with van der Waals surface area (Å²) in [7, 11) is -3.69. The molecule has 0 aliphatic carbocycles.